The van der Waals surface area contributed by atoms with Gasteiger partial charge in [0.25, 0.3) is 5.69 Å². The SMILES string of the molecule is O=[N+]([O-])c1cc([N+](=O)[O-])c([N+](=O)[O-])c([N+](=O)[O-])c1Br. The number of nitro benzene ring substituents is 4. The molecular formula is C6HBrN4O8. The molecule has 0 saturated heterocycles. The van der Waals surface area contributed by atoms with Crippen LogP contribution in [0.4, 0.5) is 22.7 Å². The summed E-state index contributed by atoms with van der Waals surface area (Å²) in [5.74, 6) is 0. The minimum absolute atomic E-state index is 0.287. The molecule has 0 aliphatic heterocycles. The van der Waals surface area contributed by atoms with E-state index in [9.17, 15) is 40.5 Å². The van der Waals surface area contributed by atoms with E-state index >= 15 is 0 Å². The van der Waals surface area contributed by atoms with Gasteiger partial charge in [0.15, 0.2) is 4.47 Å². The van der Waals surface area contributed by atoms with Crippen molar-refractivity contribution < 1.29 is 19.7 Å². The fraction of sp³-hybridized carbons (Fsp3) is 0. The Morgan fingerprint density at radius 2 is 1.16 bits per heavy atom. The van der Waals surface area contributed by atoms with Gasteiger partial charge >= 0.3 is 17.1 Å². The molecule has 0 heterocycles. The van der Waals surface area contributed by atoms with Crippen LogP contribution in [0.15, 0.2) is 10.5 Å². The highest BCUT2D eigenvalue weighted by atomic mass is 79.9. The number of benzene rings is 1. The Kier molecular flexibility index (Phi) is 3.69. The summed E-state index contributed by atoms with van der Waals surface area (Å²) in [5, 5.41) is 42.7. The molecule has 0 atom stereocenters. The number of rotatable bonds is 4. The van der Waals surface area contributed by atoms with Crippen molar-refractivity contribution in [3.8, 4) is 0 Å². The molecule has 1 aromatic carbocycles. The first-order chi connectivity index (χ1) is 8.68. The van der Waals surface area contributed by atoms with E-state index in [0.717, 1.165) is 0 Å². The van der Waals surface area contributed by atoms with Crippen molar-refractivity contribution in [3.63, 3.8) is 0 Å². The molecule has 1 aromatic rings. The van der Waals surface area contributed by atoms with Crippen LogP contribution in [0.1, 0.15) is 0 Å². The van der Waals surface area contributed by atoms with Crippen molar-refractivity contribution in [1.82, 2.24) is 0 Å². The summed E-state index contributed by atoms with van der Waals surface area (Å²) in [4.78, 5) is 37.6. The first-order valence-electron chi connectivity index (χ1n) is 4.12. The summed E-state index contributed by atoms with van der Waals surface area (Å²) < 4.78 is -0.806. The van der Waals surface area contributed by atoms with Gasteiger partial charge < -0.3 is 0 Å². The first-order valence-corrected chi connectivity index (χ1v) is 4.91. The molecule has 0 fully saturated rings. The lowest BCUT2D eigenvalue weighted by atomic mass is 10.2. The quantitative estimate of drug-likeness (QED) is 0.593. The molecule has 19 heavy (non-hydrogen) atoms. The molecule has 13 heteroatoms. The summed E-state index contributed by atoms with van der Waals surface area (Å²) in [6.07, 6.45) is 0. The molecule has 0 amide bonds. The summed E-state index contributed by atoms with van der Waals surface area (Å²) in [6, 6.07) is 0.287. The highest BCUT2D eigenvalue weighted by Gasteiger charge is 2.43. The van der Waals surface area contributed by atoms with Crippen LogP contribution in [0.25, 0.3) is 0 Å². The second-order valence-corrected chi connectivity index (χ2v) is 3.75. The largest absolute Gasteiger partial charge is 0.424 e. The zero-order valence-electron chi connectivity index (χ0n) is 8.51. The second kappa shape index (κ2) is 4.89. The third kappa shape index (κ3) is 2.44. The molecule has 0 radical (unpaired) electrons. The van der Waals surface area contributed by atoms with Gasteiger partial charge in [-0.3, -0.25) is 40.5 Å². The van der Waals surface area contributed by atoms with Crippen LogP contribution in [0, 0.1) is 40.5 Å². The Morgan fingerprint density at radius 1 is 0.737 bits per heavy atom. The fourth-order valence-corrected chi connectivity index (χ4v) is 1.82. The van der Waals surface area contributed by atoms with Crippen molar-refractivity contribution in [1.29, 1.82) is 0 Å². The van der Waals surface area contributed by atoms with E-state index in [1.165, 1.54) is 0 Å². The first kappa shape index (κ1) is 14.4. The Labute approximate surface area is 110 Å². The maximum atomic E-state index is 10.7. The van der Waals surface area contributed by atoms with Crippen molar-refractivity contribution in [2.45, 2.75) is 0 Å². The third-order valence-electron chi connectivity index (χ3n) is 1.93. The Balaban J connectivity index is 3.94. The highest BCUT2D eigenvalue weighted by Crippen LogP contribution is 2.46. The highest BCUT2D eigenvalue weighted by molar-refractivity contribution is 9.10. The van der Waals surface area contributed by atoms with Gasteiger partial charge in [0.1, 0.15) is 6.07 Å². The molecule has 0 aliphatic carbocycles. The molecule has 0 aliphatic rings. The van der Waals surface area contributed by atoms with Crippen LogP contribution < -0.4 is 0 Å². The molecule has 0 N–H and O–H groups in total. The van der Waals surface area contributed by atoms with Crippen LogP contribution in [0.5, 0.6) is 0 Å². The molecule has 0 saturated carbocycles. The maximum absolute atomic E-state index is 10.7. The Bertz CT molecular complexity index is 628. The van der Waals surface area contributed by atoms with E-state index in [4.69, 9.17) is 0 Å². The van der Waals surface area contributed by atoms with Gasteiger partial charge in [0.2, 0.25) is 0 Å². The van der Waals surface area contributed by atoms with Gasteiger partial charge in [-0.15, -0.1) is 0 Å². The van der Waals surface area contributed by atoms with Gasteiger partial charge in [-0.05, 0) is 15.9 Å². The van der Waals surface area contributed by atoms with Crippen molar-refractivity contribution in [2.24, 2.45) is 0 Å². The van der Waals surface area contributed by atoms with Gasteiger partial charge in [-0.1, -0.05) is 0 Å². The van der Waals surface area contributed by atoms with Gasteiger partial charge in [-0.2, -0.15) is 0 Å². The smallest absolute Gasteiger partial charge is 0.258 e. The summed E-state index contributed by atoms with van der Waals surface area (Å²) in [5.41, 5.74) is -5.10. The topological polar surface area (TPSA) is 173 Å². The predicted molar refractivity (Wildman–Crippen MR) is 60.8 cm³/mol. The molecule has 0 spiro atoms. The Morgan fingerprint density at radius 3 is 1.47 bits per heavy atom. The van der Waals surface area contributed by atoms with E-state index < -0.39 is 46.9 Å². The monoisotopic (exact) mass is 336 g/mol. The average Bonchev–Trinajstić information content (AvgIpc) is 2.26. The molecule has 0 unspecified atom stereocenters. The fourth-order valence-electron chi connectivity index (χ4n) is 1.23. The summed E-state index contributed by atoms with van der Waals surface area (Å²) in [7, 11) is 0. The van der Waals surface area contributed by atoms with Crippen LogP contribution in [-0.2, 0) is 0 Å². The number of hydrogen-bond donors (Lipinski definition) is 0. The lowest BCUT2D eigenvalue weighted by Crippen LogP contribution is -2.04. The zero-order valence-corrected chi connectivity index (χ0v) is 10.1. The minimum atomic E-state index is -1.42. The van der Waals surface area contributed by atoms with E-state index in [1.54, 1.807) is 0 Å². The van der Waals surface area contributed by atoms with Crippen LogP contribution >= 0.6 is 15.9 Å². The van der Waals surface area contributed by atoms with Crippen molar-refractivity contribution >= 4 is 38.7 Å². The lowest BCUT2D eigenvalue weighted by molar-refractivity contribution is -0.443. The second-order valence-electron chi connectivity index (χ2n) is 2.95. The molecule has 12 nitrogen and oxygen atoms in total. The summed E-state index contributed by atoms with van der Waals surface area (Å²) in [6.45, 7) is 0. The van der Waals surface area contributed by atoms with Gasteiger partial charge in [0.05, 0.1) is 19.7 Å². The predicted octanol–water partition coefficient (Wildman–Crippen LogP) is 2.08. The number of nitro groups is 4. The molecule has 1 rings (SSSR count). The summed E-state index contributed by atoms with van der Waals surface area (Å²) >= 11 is 2.47. The van der Waals surface area contributed by atoms with E-state index in [0.29, 0.717) is 0 Å². The van der Waals surface area contributed by atoms with Crippen molar-refractivity contribution in [3.05, 3.63) is 51.0 Å². The van der Waals surface area contributed by atoms with Crippen molar-refractivity contribution in [2.75, 3.05) is 0 Å². The number of nitrogens with zero attached hydrogens (tertiary/aromatic N) is 4. The number of halogens is 1. The van der Waals surface area contributed by atoms with E-state index in [2.05, 4.69) is 15.9 Å². The zero-order chi connectivity index (χ0) is 14.9. The maximum Gasteiger partial charge on any atom is 0.424 e. The third-order valence-corrected chi connectivity index (χ3v) is 2.71. The Hall–Kier alpha value is -2.70. The van der Waals surface area contributed by atoms with E-state index in [-0.39, 0.29) is 6.07 Å². The number of hydrogen-bond acceptors (Lipinski definition) is 8. The van der Waals surface area contributed by atoms with Gasteiger partial charge in [0, 0.05) is 0 Å². The molecule has 0 aromatic heterocycles. The van der Waals surface area contributed by atoms with E-state index in [1.807, 2.05) is 0 Å². The van der Waals surface area contributed by atoms with Crippen LogP contribution in [-0.4, -0.2) is 19.7 Å². The average molecular weight is 337 g/mol. The normalized spacial score (nSPS) is 9.95. The molecular weight excluding hydrogens is 336 g/mol. The minimum Gasteiger partial charge on any atom is -0.258 e. The van der Waals surface area contributed by atoms with Crippen LogP contribution in [0.2, 0.25) is 0 Å². The lowest BCUT2D eigenvalue weighted by Gasteiger charge is -2.00. The van der Waals surface area contributed by atoms with Crippen LogP contribution in [0.3, 0.4) is 0 Å². The van der Waals surface area contributed by atoms with Gasteiger partial charge in [-0.25, -0.2) is 0 Å². The molecule has 0 bridgehead atoms. The standard InChI is InChI=1S/C6HBrN4O8/c7-4-2(8(12)13)1-3(9(14)15)5(10(16)17)6(4)11(18)19/h1H. The molecule has 100 valence electrons.